The lowest BCUT2D eigenvalue weighted by Crippen LogP contribution is -2.53. The van der Waals surface area contributed by atoms with Crippen LogP contribution in [0.1, 0.15) is 133 Å². The van der Waals surface area contributed by atoms with Crippen LogP contribution >= 0.6 is 0 Å². The Morgan fingerprint density at radius 2 is 1.17 bits per heavy atom. The van der Waals surface area contributed by atoms with Crippen molar-refractivity contribution < 1.29 is 52.5 Å². The van der Waals surface area contributed by atoms with Crippen molar-refractivity contribution in [3.63, 3.8) is 0 Å². The summed E-state index contributed by atoms with van der Waals surface area (Å²) in [6.07, 6.45) is 1.46. The number of ether oxygens (including phenoxy) is 4. The molecule has 0 fully saturated rings. The number of alkyl carbamates (subject to hydrolysis) is 1. The minimum atomic E-state index is -1.24. The van der Waals surface area contributed by atoms with Gasteiger partial charge in [-0.05, 0) is 139 Å². The lowest BCUT2D eigenvalue weighted by atomic mass is 9.98. The van der Waals surface area contributed by atoms with Crippen molar-refractivity contribution >= 4 is 52.6 Å². The topological polar surface area (TPSA) is 229 Å². The molecule has 1 aliphatic carbocycles. The molecule has 0 saturated heterocycles. The Hall–Kier alpha value is -7.82. The zero-order valence-electron chi connectivity index (χ0n) is 45.0. The maximum absolute atomic E-state index is 14.0. The van der Waals surface area contributed by atoms with Gasteiger partial charge in [0.25, 0.3) is 5.91 Å². The summed E-state index contributed by atoms with van der Waals surface area (Å²) in [5.41, 5.74) is 3.44. The van der Waals surface area contributed by atoms with Crippen LogP contribution in [-0.2, 0) is 51.1 Å². The zero-order valence-corrected chi connectivity index (χ0v) is 45.0. The third-order valence-electron chi connectivity index (χ3n) is 12.0. The summed E-state index contributed by atoms with van der Waals surface area (Å²) < 4.78 is 22.2. The van der Waals surface area contributed by atoms with E-state index in [-0.39, 0.29) is 56.9 Å². The van der Waals surface area contributed by atoms with Gasteiger partial charge in [-0.15, -0.1) is 0 Å². The number of rotatable bonds is 21. The maximum Gasteiger partial charge on any atom is 0.407 e. The van der Waals surface area contributed by atoms with Gasteiger partial charge < -0.3 is 45.5 Å². The average molecular weight is 1040 g/mol. The minimum absolute atomic E-state index is 0.0549. The van der Waals surface area contributed by atoms with Crippen LogP contribution in [-0.4, -0.2) is 94.9 Å². The fourth-order valence-electron chi connectivity index (χ4n) is 8.59. The molecule has 5 amide bonds. The number of nitrogens with zero attached hydrogens (tertiary/aromatic N) is 1. The van der Waals surface area contributed by atoms with Gasteiger partial charge in [0.2, 0.25) is 5.91 Å². The van der Waals surface area contributed by atoms with E-state index in [2.05, 4.69) is 55.8 Å². The third kappa shape index (κ3) is 17.7. The summed E-state index contributed by atoms with van der Waals surface area (Å²) in [7, 11) is 0. The first-order valence-electron chi connectivity index (χ1n) is 25.8. The first-order chi connectivity index (χ1) is 35.9. The molecule has 0 spiro atoms. The lowest BCUT2D eigenvalue weighted by molar-refractivity contribution is -0.159. The predicted molar refractivity (Wildman–Crippen MR) is 288 cm³/mol. The molecule has 0 unspecified atom stereocenters. The number of urea groups is 1. The number of fused-ring (bicyclic) bond motifs is 4. The van der Waals surface area contributed by atoms with Crippen LogP contribution in [0.3, 0.4) is 0 Å². The Morgan fingerprint density at radius 3 is 1.76 bits per heavy atom. The number of nitrogens with one attached hydrogen (secondary N) is 5. The second-order valence-corrected chi connectivity index (χ2v) is 21.8. The number of unbranched alkanes of at least 4 members (excludes halogenated alkanes) is 1. The van der Waals surface area contributed by atoms with Crippen LogP contribution in [0.4, 0.5) is 9.59 Å². The number of aromatic nitrogens is 1. The molecule has 0 aliphatic heterocycles. The molecule has 1 aliphatic rings. The lowest BCUT2D eigenvalue weighted by Gasteiger charge is -2.27. The van der Waals surface area contributed by atoms with Crippen molar-refractivity contribution in [1.29, 1.82) is 0 Å². The molecular weight excluding hydrogens is 969 g/mol. The molecule has 5 N–H and O–H groups in total. The highest BCUT2D eigenvalue weighted by Crippen LogP contribution is 2.44. The van der Waals surface area contributed by atoms with Crippen molar-refractivity contribution in [3.05, 3.63) is 137 Å². The molecule has 1 aromatic heterocycles. The van der Waals surface area contributed by atoms with E-state index in [0.717, 1.165) is 38.6 Å². The first-order valence-corrected chi connectivity index (χ1v) is 25.8. The molecule has 17 heteroatoms. The van der Waals surface area contributed by atoms with Crippen LogP contribution in [0, 0.1) is 0 Å². The van der Waals surface area contributed by atoms with Crippen molar-refractivity contribution in [2.24, 2.45) is 0 Å². The molecular formula is C59H72N6O11. The second kappa shape index (κ2) is 25.6. The molecule has 0 saturated carbocycles. The maximum atomic E-state index is 14.0. The summed E-state index contributed by atoms with van der Waals surface area (Å²) in [6.45, 7) is 15.6. The van der Waals surface area contributed by atoms with Gasteiger partial charge in [-0.2, -0.15) is 0 Å². The first kappa shape index (κ1) is 57.5. The van der Waals surface area contributed by atoms with Crippen LogP contribution in [0.25, 0.3) is 21.9 Å². The van der Waals surface area contributed by atoms with E-state index < -0.39 is 76.8 Å². The average Bonchev–Trinajstić information content (AvgIpc) is 3.67. The summed E-state index contributed by atoms with van der Waals surface area (Å²) in [6, 6.07) is 28.8. The number of esters is 3. The third-order valence-corrected chi connectivity index (χ3v) is 12.0. The van der Waals surface area contributed by atoms with E-state index in [4.69, 9.17) is 18.9 Å². The predicted octanol–water partition coefficient (Wildman–Crippen LogP) is 8.74. The Kier molecular flexibility index (Phi) is 19.4. The van der Waals surface area contributed by atoms with E-state index in [1.807, 2.05) is 66.7 Å². The van der Waals surface area contributed by atoms with Crippen molar-refractivity contribution in [2.75, 3.05) is 13.2 Å². The molecule has 3 atom stereocenters. The van der Waals surface area contributed by atoms with E-state index in [1.165, 1.54) is 6.20 Å². The van der Waals surface area contributed by atoms with E-state index >= 15 is 0 Å². The molecule has 4 aromatic carbocycles. The fourth-order valence-corrected chi connectivity index (χ4v) is 8.59. The molecule has 5 aromatic rings. The summed E-state index contributed by atoms with van der Waals surface area (Å²) in [5.74, 6) is -3.10. The highest BCUT2D eigenvalue weighted by molar-refractivity contribution is 5.97. The molecule has 6 rings (SSSR count). The Balaban J connectivity index is 1.04. The molecule has 404 valence electrons. The van der Waals surface area contributed by atoms with Crippen molar-refractivity contribution in [2.45, 2.75) is 148 Å². The number of benzene rings is 4. The molecule has 76 heavy (non-hydrogen) atoms. The summed E-state index contributed by atoms with van der Waals surface area (Å²) in [5, 5.41) is 15.7. The van der Waals surface area contributed by atoms with Gasteiger partial charge in [0, 0.05) is 31.5 Å². The Bertz CT molecular complexity index is 2820. The highest BCUT2D eigenvalue weighted by atomic mass is 16.6. The largest absolute Gasteiger partial charge is 0.460 e. The molecule has 0 bridgehead atoms. The summed E-state index contributed by atoms with van der Waals surface area (Å²) >= 11 is 0. The smallest absolute Gasteiger partial charge is 0.407 e. The van der Waals surface area contributed by atoms with Crippen molar-refractivity contribution in [3.8, 4) is 11.1 Å². The number of hydrogen-bond acceptors (Lipinski definition) is 12. The van der Waals surface area contributed by atoms with Crippen LogP contribution in [0.15, 0.2) is 109 Å². The Morgan fingerprint density at radius 1 is 0.592 bits per heavy atom. The second-order valence-electron chi connectivity index (χ2n) is 21.8. The van der Waals surface area contributed by atoms with Crippen molar-refractivity contribution in [1.82, 2.24) is 31.6 Å². The van der Waals surface area contributed by atoms with Gasteiger partial charge >= 0.3 is 30.0 Å². The standard InChI is InChI=1S/C59H72N6O11/c1-57(2,3)74-50(66)30-29-48(54(70)76-59(7,8)9)65-55(71)64-47(53(69)75-58(4,5)6)24-16-17-31-60-52(68)49(33-37-25-26-38-18-10-11-19-39(38)32-37)63-51(67)40-27-28-41(61-34-40)35-62-56(72)73-36-46-44-22-14-12-20-42(44)43-21-13-15-23-45(43)46/h10-15,18-23,25-28,32,34,46-49H,16-17,24,29-31,33,35-36H2,1-9H3,(H,60,68)(H,62,72)(H,63,67)(H2,64,65,71)/t47-,48-,49-/m0/s1. The Labute approximate surface area is 445 Å². The van der Waals surface area contributed by atoms with Crippen LogP contribution in [0.2, 0.25) is 0 Å². The zero-order chi connectivity index (χ0) is 55.2. The van der Waals surface area contributed by atoms with Gasteiger partial charge in [-0.25, -0.2) is 19.2 Å². The summed E-state index contributed by atoms with van der Waals surface area (Å²) in [4.78, 5) is 97.6. The number of carbonyl (C=O) groups excluding carboxylic acids is 7. The van der Waals surface area contributed by atoms with Gasteiger partial charge in [-0.3, -0.25) is 19.4 Å². The number of hydrogen-bond donors (Lipinski definition) is 5. The quantitative estimate of drug-likeness (QED) is 0.0264. The van der Waals surface area contributed by atoms with E-state index in [1.54, 1.807) is 74.4 Å². The molecule has 17 nitrogen and oxygen atoms in total. The number of pyridine rings is 1. The molecule has 1 heterocycles. The van der Waals surface area contributed by atoms with Gasteiger partial charge in [0.15, 0.2) is 0 Å². The van der Waals surface area contributed by atoms with E-state index in [9.17, 15) is 33.6 Å². The normalized spacial score (nSPS) is 13.4. The minimum Gasteiger partial charge on any atom is -0.460 e. The highest BCUT2D eigenvalue weighted by Gasteiger charge is 2.33. The van der Waals surface area contributed by atoms with E-state index in [0.29, 0.717) is 18.5 Å². The SMILES string of the molecule is CC(C)(C)OC(=O)CC[C@H](NC(=O)N[C@@H](CCCCNC(=O)[C@H](Cc1ccc2ccccc2c1)NC(=O)c1ccc(CNC(=O)OCC2c3ccccc3-c3ccccc32)nc1)C(=O)OC(C)(C)C)C(=O)OC(C)(C)C. The van der Waals surface area contributed by atoms with Gasteiger partial charge in [0.1, 0.15) is 41.5 Å². The fraction of sp³-hybridized carbons (Fsp3) is 0.424. The van der Waals surface area contributed by atoms with Gasteiger partial charge in [-0.1, -0.05) is 91.0 Å². The van der Waals surface area contributed by atoms with Crippen LogP contribution < -0.4 is 26.6 Å². The van der Waals surface area contributed by atoms with Gasteiger partial charge in [0.05, 0.1) is 17.8 Å². The number of amides is 5. The molecule has 0 radical (unpaired) electrons. The van der Waals surface area contributed by atoms with Crippen LogP contribution in [0.5, 0.6) is 0 Å². The number of carbonyl (C=O) groups is 7. The monoisotopic (exact) mass is 1040 g/mol.